The second kappa shape index (κ2) is 5.45. The lowest BCUT2D eigenvalue weighted by atomic mass is 10.1. The third-order valence-corrected chi connectivity index (χ3v) is 2.94. The molecular weight excluding hydrogens is 230 g/mol. The summed E-state index contributed by atoms with van der Waals surface area (Å²) < 4.78 is 0. The van der Waals surface area contributed by atoms with Crippen LogP contribution in [0.4, 0.5) is 5.95 Å². The summed E-state index contributed by atoms with van der Waals surface area (Å²) in [5.41, 5.74) is 0.379. The molecule has 0 aliphatic carbocycles. The van der Waals surface area contributed by atoms with Crippen molar-refractivity contribution < 1.29 is 4.79 Å². The average Bonchev–Trinajstić information content (AvgIpc) is 2.39. The molecule has 0 aromatic carbocycles. The molecule has 1 aliphatic rings. The minimum absolute atomic E-state index is 0.0103. The van der Waals surface area contributed by atoms with Crippen LogP contribution in [-0.4, -0.2) is 35.0 Å². The van der Waals surface area contributed by atoms with Gasteiger partial charge in [-0.25, -0.2) is 9.97 Å². The van der Waals surface area contributed by atoms with Gasteiger partial charge in [0.25, 0.3) is 0 Å². The molecule has 18 heavy (non-hydrogen) atoms. The zero-order valence-corrected chi connectivity index (χ0v) is 10.3. The third-order valence-electron chi connectivity index (χ3n) is 2.94. The number of hydrogen-bond acceptors (Lipinski definition) is 5. The number of nitriles is 1. The summed E-state index contributed by atoms with van der Waals surface area (Å²) in [6.45, 7) is 3.12. The van der Waals surface area contributed by atoms with Crippen molar-refractivity contribution in [2.75, 3.05) is 18.0 Å². The van der Waals surface area contributed by atoms with E-state index in [2.05, 4.69) is 15.3 Å². The van der Waals surface area contributed by atoms with Crippen LogP contribution in [0, 0.1) is 11.3 Å². The average molecular weight is 245 g/mol. The topological polar surface area (TPSA) is 81.9 Å². The highest BCUT2D eigenvalue weighted by atomic mass is 16.1. The Kier molecular flexibility index (Phi) is 3.72. The van der Waals surface area contributed by atoms with Gasteiger partial charge < -0.3 is 10.2 Å². The Bertz CT molecular complexity index is 474. The summed E-state index contributed by atoms with van der Waals surface area (Å²) in [5.74, 6) is 0.603. The van der Waals surface area contributed by atoms with Crippen molar-refractivity contribution in [1.29, 1.82) is 5.26 Å². The Morgan fingerprint density at radius 2 is 2.28 bits per heavy atom. The van der Waals surface area contributed by atoms with E-state index in [4.69, 9.17) is 5.26 Å². The summed E-state index contributed by atoms with van der Waals surface area (Å²) in [7, 11) is 0. The lowest BCUT2D eigenvalue weighted by Crippen LogP contribution is -2.44. The van der Waals surface area contributed by atoms with Gasteiger partial charge in [0.15, 0.2) is 0 Å². The van der Waals surface area contributed by atoms with E-state index in [1.54, 1.807) is 12.3 Å². The largest absolute Gasteiger partial charge is 0.353 e. The van der Waals surface area contributed by atoms with Crippen LogP contribution in [0.25, 0.3) is 0 Å². The Balaban J connectivity index is 1.97. The Labute approximate surface area is 106 Å². The lowest BCUT2D eigenvalue weighted by molar-refractivity contribution is -0.119. The second-order valence-corrected chi connectivity index (χ2v) is 4.32. The zero-order chi connectivity index (χ0) is 13.0. The highest BCUT2D eigenvalue weighted by molar-refractivity contribution is 5.73. The van der Waals surface area contributed by atoms with E-state index in [1.165, 1.54) is 6.92 Å². The van der Waals surface area contributed by atoms with Crippen molar-refractivity contribution in [3.63, 3.8) is 0 Å². The first-order valence-electron chi connectivity index (χ1n) is 5.94. The molecule has 1 aromatic heterocycles. The van der Waals surface area contributed by atoms with E-state index in [0.717, 1.165) is 25.9 Å². The number of anilines is 1. The monoisotopic (exact) mass is 245 g/mol. The van der Waals surface area contributed by atoms with Crippen LogP contribution in [0.15, 0.2) is 12.3 Å². The van der Waals surface area contributed by atoms with Gasteiger partial charge in [-0.1, -0.05) is 0 Å². The predicted molar refractivity (Wildman–Crippen MR) is 65.8 cm³/mol. The second-order valence-electron chi connectivity index (χ2n) is 4.32. The number of hydrogen-bond donors (Lipinski definition) is 1. The van der Waals surface area contributed by atoms with Crippen molar-refractivity contribution in [1.82, 2.24) is 15.3 Å². The fourth-order valence-electron chi connectivity index (χ4n) is 2.07. The molecule has 0 atom stereocenters. The molecule has 2 rings (SSSR count). The fourth-order valence-corrected chi connectivity index (χ4v) is 2.07. The SMILES string of the molecule is CC(=O)NC1CCN(c2nccc(C#N)n2)CC1. The molecule has 0 spiro atoms. The first-order chi connectivity index (χ1) is 8.69. The highest BCUT2D eigenvalue weighted by Crippen LogP contribution is 2.15. The van der Waals surface area contributed by atoms with Gasteiger partial charge in [0, 0.05) is 32.3 Å². The summed E-state index contributed by atoms with van der Waals surface area (Å²) in [5, 5.41) is 11.7. The molecule has 0 bridgehead atoms. The lowest BCUT2D eigenvalue weighted by Gasteiger charge is -2.32. The number of amides is 1. The van der Waals surface area contributed by atoms with Crippen LogP contribution >= 0.6 is 0 Å². The van der Waals surface area contributed by atoms with Crippen molar-refractivity contribution in [3.05, 3.63) is 18.0 Å². The van der Waals surface area contributed by atoms with E-state index in [1.807, 2.05) is 11.0 Å². The quantitative estimate of drug-likeness (QED) is 0.818. The summed E-state index contributed by atoms with van der Waals surface area (Å²) >= 11 is 0. The van der Waals surface area contributed by atoms with Crippen LogP contribution in [0.3, 0.4) is 0 Å². The molecule has 6 nitrogen and oxygen atoms in total. The van der Waals surface area contributed by atoms with Gasteiger partial charge in [-0.05, 0) is 18.9 Å². The summed E-state index contributed by atoms with van der Waals surface area (Å²) in [4.78, 5) is 21.3. The van der Waals surface area contributed by atoms with Crippen molar-refractivity contribution in [3.8, 4) is 6.07 Å². The molecule has 1 aliphatic heterocycles. The van der Waals surface area contributed by atoms with E-state index >= 15 is 0 Å². The third kappa shape index (κ3) is 2.94. The number of rotatable bonds is 2. The minimum atomic E-state index is 0.0103. The number of carbonyl (C=O) groups excluding carboxylic acids is 1. The van der Waals surface area contributed by atoms with Gasteiger partial charge in [-0.2, -0.15) is 5.26 Å². The minimum Gasteiger partial charge on any atom is -0.353 e. The molecular formula is C12H15N5O. The molecule has 1 saturated heterocycles. The van der Waals surface area contributed by atoms with E-state index in [9.17, 15) is 4.79 Å². The molecule has 6 heteroatoms. The number of nitrogens with zero attached hydrogens (tertiary/aromatic N) is 4. The number of nitrogens with one attached hydrogen (secondary N) is 1. The van der Waals surface area contributed by atoms with Gasteiger partial charge in [0.2, 0.25) is 11.9 Å². The van der Waals surface area contributed by atoms with Crippen molar-refractivity contribution in [2.24, 2.45) is 0 Å². The van der Waals surface area contributed by atoms with Crippen molar-refractivity contribution >= 4 is 11.9 Å². The molecule has 0 saturated carbocycles. The van der Waals surface area contributed by atoms with Gasteiger partial charge in [-0.3, -0.25) is 4.79 Å². The maximum Gasteiger partial charge on any atom is 0.226 e. The van der Waals surface area contributed by atoms with Crippen LogP contribution in [0.1, 0.15) is 25.5 Å². The van der Waals surface area contributed by atoms with Crippen LogP contribution in [-0.2, 0) is 4.79 Å². The molecule has 0 radical (unpaired) electrons. The molecule has 1 N–H and O–H groups in total. The first-order valence-corrected chi connectivity index (χ1v) is 5.94. The number of piperidine rings is 1. The zero-order valence-electron chi connectivity index (χ0n) is 10.3. The summed E-state index contributed by atoms with van der Waals surface area (Å²) in [6, 6.07) is 3.83. The Hall–Kier alpha value is -2.16. The van der Waals surface area contributed by atoms with Crippen LogP contribution < -0.4 is 10.2 Å². The Morgan fingerprint density at radius 3 is 2.89 bits per heavy atom. The van der Waals surface area contributed by atoms with Crippen LogP contribution in [0.5, 0.6) is 0 Å². The smallest absolute Gasteiger partial charge is 0.226 e. The maximum absolute atomic E-state index is 11.0. The van der Waals surface area contributed by atoms with E-state index in [0.29, 0.717) is 11.6 Å². The number of carbonyl (C=O) groups is 1. The van der Waals surface area contributed by atoms with Gasteiger partial charge in [0.1, 0.15) is 11.8 Å². The highest BCUT2D eigenvalue weighted by Gasteiger charge is 2.21. The fraction of sp³-hybridized carbons (Fsp3) is 0.500. The first kappa shape index (κ1) is 12.3. The molecule has 1 fully saturated rings. The van der Waals surface area contributed by atoms with Gasteiger partial charge in [0.05, 0.1) is 0 Å². The predicted octanol–water partition coefficient (Wildman–Crippen LogP) is 0.453. The standard InChI is InChI=1S/C12H15N5O/c1-9(18)15-10-3-6-17(7-4-10)12-14-5-2-11(8-13)16-12/h2,5,10H,3-4,6-7H2,1H3,(H,15,18). The normalized spacial score (nSPS) is 16.1. The summed E-state index contributed by atoms with van der Waals surface area (Å²) in [6.07, 6.45) is 3.35. The number of aromatic nitrogens is 2. The van der Waals surface area contributed by atoms with E-state index in [-0.39, 0.29) is 11.9 Å². The Morgan fingerprint density at radius 1 is 1.56 bits per heavy atom. The molecule has 1 aromatic rings. The molecule has 94 valence electrons. The van der Waals surface area contributed by atoms with Crippen LogP contribution in [0.2, 0.25) is 0 Å². The van der Waals surface area contributed by atoms with Crippen molar-refractivity contribution in [2.45, 2.75) is 25.8 Å². The van der Waals surface area contributed by atoms with E-state index < -0.39 is 0 Å². The molecule has 0 unspecified atom stereocenters. The molecule has 1 amide bonds. The van der Waals surface area contributed by atoms with Gasteiger partial charge in [-0.15, -0.1) is 0 Å². The molecule has 2 heterocycles. The van der Waals surface area contributed by atoms with Gasteiger partial charge >= 0.3 is 0 Å². The maximum atomic E-state index is 11.0.